The standard InChI is InChI=1S/C20H32O2/c1-11(2)16(21)9-7-12(3)14-10-17(22)20(5)15-8-6-13(4)18(15)19(14)20/h13-19,21-22H,1,3,6-10H2,2,4-5H3. The lowest BCUT2D eigenvalue weighted by Gasteiger charge is -2.58. The number of hydrogen-bond donors (Lipinski definition) is 2. The summed E-state index contributed by atoms with van der Waals surface area (Å²) in [6.07, 6.45) is 4.47. The average Bonchev–Trinajstić information content (AvgIpc) is 2.89. The number of aliphatic hydroxyl groups excluding tert-OH is 2. The molecule has 0 aromatic heterocycles. The van der Waals surface area contributed by atoms with E-state index in [-0.39, 0.29) is 11.5 Å². The van der Waals surface area contributed by atoms with Crippen LogP contribution in [0.3, 0.4) is 0 Å². The molecule has 3 aliphatic rings. The maximum Gasteiger partial charge on any atom is 0.0747 e. The third-order valence-electron chi connectivity index (χ3n) is 7.45. The Morgan fingerprint density at radius 2 is 2.00 bits per heavy atom. The number of aliphatic hydroxyl groups is 2. The van der Waals surface area contributed by atoms with Crippen LogP contribution in [0.15, 0.2) is 24.3 Å². The Balaban J connectivity index is 1.70. The van der Waals surface area contributed by atoms with Crippen LogP contribution in [0.4, 0.5) is 0 Å². The van der Waals surface area contributed by atoms with Crippen LogP contribution in [-0.2, 0) is 0 Å². The molecule has 0 spiro atoms. The summed E-state index contributed by atoms with van der Waals surface area (Å²) >= 11 is 0. The van der Waals surface area contributed by atoms with E-state index in [1.165, 1.54) is 18.4 Å². The minimum atomic E-state index is -0.422. The fraction of sp³-hybridized carbons (Fsp3) is 0.800. The maximum atomic E-state index is 10.7. The second-order valence-corrected chi connectivity index (χ2v) is 8.55. The molecule has 3 rings (SSSR count). The van der Waals surface area contributed by atoms with Crippen molar-refractivity contribution in [3.8, 4) is 0 Å². The molecule has 22 heavy (non-hydrogen) atoms. The molecular formula is C20H32O2. The van der Waals surface area contributed by atoms with E-state index in [9.17, 15) is 10.2 Å². The zero-order chi connectivity index (χ0) is 16.2. The summed E-state index contributed by atoms with van der Waals surface area (Å²) in [7, 11) is 0. The van der Waals surface area contributed by atoms with Crippen molar-refractivity contribution in [3.05, 3.63) is 24.3 Å². The molecule has 0 aromatic carbocycles. The molecule has 8 unspecified atom stereocenters. The van der Waals surface area contributed by atoms with Crippen molar-refractivity contribution in [2.24, 2.45) is 35.0 Å². The molecule has 2 N–H and O–H groups in total. The highest BCUT2D eigenvalue weighted by atomic mass is 16.3. The number of rotatable bonds is 5. The van der Waals surface area contributed by atoms with E-state index in [2.05, 4.69) is 27.0 Å². The maximum absolute atomic E-state index is 10.7. The van der Waals surface area contributed by atoms with Crippen molar-refractivity contribution in [3.63, 3.8) is 0 Å². The predicted molar refractivity (Wildman–Crippen MR) is 90.3 cm³/mol. The van der Waals surface area contributed by atoms with Gasteiger partial charge in [-0.15, -0.1) is 0 Å². The Kier molecular flexibility index (Phi) is 4.06. The molecule has 0 amide bonds. The van der Waals surface area contributed by atoms with E-state index in [1.54, 1.807) is 0 Å². The van der Waals surface area contributed by atoms with Crippen molar-refractivity contribution >= 4 is 0 Å². The fourth-order valence-electron chi connectivity index (χ4n) is 6.08. The zero-order valence-electron chi connectivity index (χ0n) is 14.4. The molecule has 8 atom stereocenters. The van der Waals surface area contributed by atoms with Crippen LogP contribution in [0.5, 0.6) is 0 Å². The monoisotopic (exact) mass is 304 g/mol. The van der Waals surface area contributed by atoms with E-state index in [4.69, 9.17) is 0 Å². The second-order valence-electron chi connectivity index (χ2n) is 8.55. The smallest absolute Gasteiger partial charge is 0.0747 e. The summed E-state index contributed by atoms with van der Waals surface area (Å²) < 4.78 is 0. The molecule has 0 heterocycles. The molecule has 2 nitrogen and oxygen atoms in total. The highest BCUT2D eigenvalue weighted by molar-refractivity contribution is 5.24. The minimum absolute atomic E-state index is 0.121. The van der Waals surface area contributed by atoms with Crippen LogP contribution < -0.4 is 0 Å². The summed E-state index contributed by atoms with van der Waals surface area (Å²) in [4.78, 5) is 0. The van der Waals surface area contributed by atoms with Crippen molar-refractivity contribution in [1.29, 1.82) is 0 Å². The van der Waals surface area contributed by atoms with Gasteiger partial charge in [-0.3, -0.25) is 0 Å². The quantitative estimate of drug-likeness (QED) is 0.755. The number of fused-ring (bicyclic) bond motifs is 4. The Hall–Kier alpha value is -0.600. The molecule has 0 aliphatic heterocycles. The van der Waals surface area contributed by atoms with Crippen LogP contribution in [-0.4, -0.2) is 22.4 Å². The summed E-state index contributed by atoms with van der Waals surface area (Å²) in [6.45, 7) is 14.7. The Morgan fingerprint density at radius 1 is 1.32 bits per heavy atom. The van der Waals surface area contributed by atoms with Crippen LogP contribution >= 0.6 is 0 Å². The zero-order valence-corrected chi connectivity index (χ0v) is 14.4. The predicted octanol–water partition coefficient (Wildman–Crippen LogP) is 3.94. The van der Waals surface area contributed by atoms with Crippen LogP contribution in [0.2, 0.25) is 0 Å². The van der Waals surface area contributed by atoms with Gasteiger partial charge in [0.15, 0.2) is 0 Å². The number of allylic oxidation sites excluding steroid dienone is 1. The van der Waals surface area contributed by atoms with Crippen molar-refractivity contribution in [2.75, 3.05) is 0 Å². The second kappa shape index (κ2) is 5.49. The van der Waals surface area contributed by atoms with Gasteiger partial charge >= 0.3 is 0 Å². The normalized spacial score (nSPS) is 47.5. The first-order chi connectivity index (χ1) is 10.3. The molecule has 0 saturated heterocycles. The molecule has 3 aliphatic carbocycles. The van der Waals surface area contributed by atoms with Crippen LogP contribution in [0, 0.1) is 35.0 Å². The molecule has 0 radical (unpaired) electrons. The summed E-state index contributed by atoms with van der Waals surface area (Å²) in [5.41, 5.74) is 2.19. The Labute approximate surface area is 135 Å². The molecule has 0 aromatic rings. The highest BCUT2D eigenvalue weighted by Crippen LogP contribution is 2.73. The molecule has 2 heteroatoms. The van der Waals surface area contributed by atoms with Gasteiger partial charge in [-0.1, -0.05) is 44.6 Å². The lowest BCUT2D eigenvalue weighted by Crippen LogP contribution is -2.57. The summed E-state index contributed by atoms with van der Waals surface area (Å²) in [6, 6.07) is 0. The third kappa shape index (κ3) is 2.14. The van der Waals surface area contributed by atoms with Gasteiger partial charge < -0.3 is 10.2 Å². The van der Waals surface area contributed by atoms with E-state index in [0.717, 1.165) is 36.2 Å². The highest BCUT2D eigenvalue weighted by Gasteiger charge is 2.70. The van der Waals surface area contributed by atoms with E-state index >= 15 is 0 Å². The van der Waals surface area contributed by atoms with Gasteiger partial charge in [0.1, 0.15) is 0 Å². The third-order valence-corrected chi connectivity index (χ3v) is 7.45. The lowest BCUT2D eigenvalue weighted by atomic mass is 9.46. The van der Waals surface area contributed by atoms with Crippen LogP contribution in [0.1, 0.15) is 52.9 Å². The van der Waals surface area contributed by atoms with Crippen molar-refractivity contribution in [2.45, 2.75) is 65.1 Å². The first-order valence-corrected chi connectivity index (χ1v) is 8.97. The molecular weight excluding hydrogens is 272 g/mol. The molecule has 124 valence electrons. The van der Waals surface area contributed by atoms with Gasteiger partial charge in [-0.25, -0.2) is 0 Å². The van der Waals surface area contributed by atoms with E-state index in [0.29, 0.717) is 18.3 Å². The topological polar surface area (TPSA) is 40.5 Å². The molecule has 3 fully saturated rings. The van der Waals surface area contributed by atoms with Gasteiger partial charge in [0.05, 0.1) is 12.2 Å². The van der Waals surface area contributed by atoms with E-state index in [1.807, 2.05) is 6.92 Å². The lowest BCUT2D eigenvalue weighted by molar-refractivity contribution is -0.142. The first-order valence-electron chi connectivity index (χ1n) is 8.97. The molecule has 3 saturated carbocycles. The van der Waals surface area contributed by atoms with Gasteiger partial charge in [-0.2, -0.15) is 0 Å². The van der Waals surface area contributed by atoms with Crippen molar-refractivity contribution in [1.82, 2.24) is 0 Å². The SMILES string of the molecule is C=C(C)C(O)CCC(=C)C1CC(O)C2(C)C3CCC(C)C3C12. The number of hydrogen-bond acceptors (Lipinski definition) is 2. The fourth-order valence-corrected chi connectivity index (χ4v) is 6.08. The van der Waals surface area contributed by atoms with Gasteiger partial charge in [0, 0.05) is 5.41 Å². The molecule has 0 bridgehead atoms. The summed E-state index contributed by atoms with van der Waals surface area (Å²) in [5.74, 6) is 3.36. The van der Waals surface area contributed by atoms with Gasteiger partial charge in [0.25, 0.3) is 0 Å². The van der Waals surface area contributed by atoms with Gasteiger partial charge in [-0.05, 0) is 62.2 Å². The van der Waals surface area contributed by atoms with Gasteiger partial charge in [0.2, 0.25) is 0 Å². The van der Waals surface area contributed by atoms with E-state index < -0.39 is 6.10 Å². The largest absolute Gasteiger partial charge is 0.393 e. The van der Waals surface area contributed by atoms with Crippen LogP contribution in [0.25, 0.3) is 0 Å². The van der Waals surface area contributed by atoms with Crippen molar-refractivity contribution < 1.29 is 10.2 Å². The average molecular weight is 304 g/mol. The first kappa shape index (κ1) is 16.3. The Morgan fingerprint density at radius 3 is 2.64 bits per heavy atom. The summed E-state index contributed by atoms with van der Waals surface area (Å²) in [5, 5.41) is 20.6. The Bertz CT molecular complexity index is 482. The minimum Gasteiger partial charge on any atom is -0.393 e.